The fraction of sp³-hybridized carbons (Fsp3) is 0.217. The number of likely N-dealkylation sites (N-methyl/N-ethyl adjacent to an activating group) is 1. The van der Waals surface area contributed by atoms with Gasteiger partial charge in [0, 0.05) is 66.8 Å². The van der Waals surface area contributed by atoms with E-state index in [1.165, 1.54) is 12.1 Å². The van der Waals surface area contributed by atoms with Crippen LogP contribution < -0.4 is 10.6 Å². The number of nitrogens with zero attached hydrogens (tertiary/aromatic N) is 3. The molecular weight excluding hydrogens is 365 g/mol. The minimum atomic E-state index is -0.267. The Morgan fingerprint density at radius 1 is 0.793 bits per heavy atom. The lowest BCUT2D eigenvalue weighted by molar-refractivity contribution is 0.361. The average Bonchev–Trinajstić information content (AvgIpc) is 2.74. The Morgan fingerprint density at radius 3 is 2.14 bits per heavy atom. The van der Waals surface area contributed by atoms with Crippen molar-refractivity contribution >= 4 is 33.2 Å². The molecule has 2 heterocycles. The van der Waals surface area contributed by atoms with Crippen molar-refractivity contribution in [1.82, 2.24) is 14.9 Å². The molecule has 4 rings (SSSR count). The van der Waals surface area contributed by atoms with E-state index < -0.39 is 0 Å². The molecule has 0 bridgehead atoms. The molecule has 4 aromatic rings. The monoisotopic (exact) mass is 389 g/mol. The molecule has 0 spiro atoms. The number of pyridine rings is 2. The van der Waals surface area contributed by atoms with Crippen molar-refractivity contribution in [2.75, 3.05) is 43.9 Å². The number of hydrogen-bond donors (Lipinski definition) is 2. The van der Waals surface area contributed by atoms with Crippen LogP contribution in [0.5, 0.6) is 0 Å². The number of fused-ring (bicyclic) bond motifs is 2. The zero-order chi connectivity index (χ0) is 20.1. The molecule has 0 aliphatic heterocycles. The summed E-state index contributed by atoms with van der Waals surface area (Å²) in [5, 5.41) is 9.02. The minimum Gasteiger partial charge on any atom is -0.383 e. The maximum absolute atomic E-state index is 13.4. The van der Waals surface area contributed by atoms with Gasteiger partial charge < -0.3 is 15.5 Å². The third kappa shape index (κ3) is 4.60. The van der Waals surface area contributed by atoms with E-state index in [4.69, 9.17) is 0 Å². The van der Waals surface area contributed by atoms with Crippen LogP contribution in [0, 0.1) is 5.82 Å². The van der Waals surface area contributed by atoms with E-state index in [9.17, 15) is 4.39 Å². The van der Waals surface area contributed by atoms with Crippen molar-refractivity contribution in [2.24, 2.45) is 0 Å². The molecule has 2 N–H and O–H groups in total. The zero-order valence-electron chi connectivity index (χ0n) is 16.4. The number of aromatic nitrogens is 2. The van der Waals surface area contributed by atoms with Crippen LogP contribution in [0.15, 0.2) is 67.0 Å². The van der Waals surface area contributed by atoms with Crippen LogP contribution in [0.1, 0.15) is 0 Å². The molecule has 29 heavy (non-hydrogen) atoms. The quantitative estimate of drug-likeness (QED) is 0.468. The lowest BCUT2D eigenvalue weighted by Gasteiger charge is -2.19. The van der Waals surface area contributed by atoms with E-state index in [1.54, 1.807) is 12.3 Å². The number of benzene rings is 2. The van der Waals surface area contributed by atoms with Gasteiger partial charge in [0.25, 0.3) is 0 Å². The fourth-order valence-corrected chi connectivity index (χ4v) is 3.40. The van der Waals surface area contributed by atoms with E-state index in [2.05, 4.69) is 38.6 Å². The third-order valence-corrected chi connectivity index (χ3v) is 4.97. The Hall–Kier alpha value is -3.25. The highest BCUT2D eigenvalue weighted by Gasteiger charge is 2.05. The first kappa shape index (κ1) is 19.1. The minimum absolute atomic E-state index is 0.267. The highest BCUT2D eigenvalue weighted by atomic mass is 19.1. The second kappa shape index (κ2) is 8.84. The molecule has 2 aromatic heterocycles. The molecule has 0 aliphatic carbocycles. The number of halogens is 1. The number of nitrogens with one attached hydrogen (secondary N) is 2. The molecule has 0 unspecified atom stereocenters. The first-order valence-corrected chi connectivity index (χ1v) is 9.75. The molecule has 0 amide bonds. The molecule has 0 fully saturated rings. The van der Waals surface area contributed by atoms with Gasteiger partial charge in [-0.05, 0) is 37.4 Å². The smallest absolute Gasteiger partial charge is 0.125 e. The van der Waals surface area contributed by atoms with Gasteiger partial charge in [0.1, 0.15) is 5.82 Å². The first-order chi connectivity index (χ1) is 14.2. The van der Waals surface area contributed by atoms with Gasteiger partial charge in [0.15, 0.2) is 0 Å². The predicted molar refractivity (Wildman–Crippen MR) is 118 cm³/mol. The van der Waals surface area contributed by atoms with Gasteiger partial charge in [-0.15, -0.1) is 0 Å². The maximum Gasteiger partial charge on any atom is 0.125 e. The summed E-state index contributed by atoms with van der Waals surface area (Å²) in [4.78, 5) is 10.9. The highest BCUT2D eigenvalue weighted by Crippen LogP contribution is 2.22. The first-order valence-electron chi connectivity index (χ1n) is 9.75. The SMILES string of the molecule is CN(CCNc1ccnc2ccccc12)CCNc1ccnc2cc(F)ccc12. The number of para-hydroxylation sites is 1. The fourth-order valence-electron chi connectivity index (χ4n) is 3.40. The standard InChI is InChI=1S/C23H24FN5/c1-29(14-12-27-21-8-10-25-20-5-3-2-4-18(20)21)15-13-28-22-9-11-26-23-16-17(24)6-7-19(22)23/h2-11,16H,12-15H2,1H3,(H,25,27)(H,26,28). The normalized spacial score (nSPS) is 11.3. The molecule has 148 valence electrons. The van der Waals surface area contributed by atoms with Gasteiger partial charge in [-0.2, -0.15) is 0 Å². The Bertz CT molecular complexity index is 1110. The van der Waals surface area contributed by atoms with Gasteiger partial charge in [-0.25, -0.2) is 4.39 Å². The summed E-state index contributed by atoms with van der Waals surface area (Å²) in [6.45, 7) is 3.46. The second-order valence-electron chi connectivity index (χ2n) is 7.05. The van der Waals surface area contributed by atoms with Crippen molar-refractivity contribution < 1.29 is 4.39 Å². The van der Waals surface area contributed by atoms with Gasteiger partial charge >= 0.3 is 0 Å². The van der Waals surface area contributed by atoms with Crippen molar-refractivity contribution in [3.05, 3.63) is 72.8 Å². The summed E-state index contributed by atoms with van der Waals surface area (Å²) in [7, 11) is 2.11. The number of anilines is 2. The van der Waals surface area contributed by atoms with Crippen molar-refractivity contribution in [1.29, 1.82) is 0 Å². The lowest BCUT2D eigenvalue weighted by atomic mass is 10.2. The van der Waals surface area contributed by atoms with Crippen LogP contribution in [-0.4, -0.2) is 48.1 Å². The molecule has 0 radical (unpaired) electrons. The van der Waals surface area contributed by atoms with Crippen molar-refractivity contribution in [2.45, 2.75) is 0 Å². The largest absolute Gasteiger partial charge is 0.383 e. The van der Waals surface area contributed by atoms with Gasteiger partial charge in [0.2, 0.25) is 0 Å². The zero-order valence-corrected chi connectivity index (χ0v) is 16.4. The Labute approximate surface area is 169 Å². The Kier molecular flexibility index (Phi) is 5.81. The summed E-state index contributed by atoms with van der Waals surface area (Å²) in [6, 6.07) is 16.8. The summed E-state index contributed by atoms with van der Waals surface area (Å²) < 4.78 is 13.4. The molecule has 0 aliphatic rings. The molecule has 0 saturated carbocycles. The van der Waals surface area contributed by atoms with E-state index in [1.807, 2.05) is 36.5 Å². The maximum atomic E-state index is 13.4. The van der Waals surface area contributed by atoms with Crippen LogP contribution in [0.3, 0.4) is 0 Å². The van der Waals surface area contributed by atoms with Crippen molar-refractivity contribution in [3.63, 3.8) is 0 Å². The highest BCUT2D eigenvalue weighted by molar-refractivity contribution is 5.91. The van der Waals surface area contributed by atoms with E-state index >= 15 is 0 Å². The summed E-state index contributed by atoms with van der Waals surface area (Å²) in [6.07, 6.45) is 3.54. The van der Waals surface area contributed by atoms with Gasteiger partial charge in [-0.1, -0.05) is 18.2 Å². The van der Waals surface area contributed by atoms with Crippen LogP contribution in [0.4, 0.5) is 15.8 Å². The molecule has 0 saturated heterocycles. The van der Waals surface area contributed by atoms with Crippen LogP contribution in [0.2, 0.25) is 0 Å². The Morgan fingerprint density at radius 2 is 1.41 bits per heavy atom. The number of hydrogen-bond acceptors (Lipinski definition) is 5. The van der Waals surface area contributed by atoms with Gasteiger partial charge in [0.05, 0.1) is 11.0 Å². The average molecular weight is 389 g/mol. The summed E-state index contributed by atoms with van der Waals surface area (Å²) in [5.74, 6) is -0.267. The van der Waals surface area contributed by atoms with E-state index in [0.29, 0.717) is 5.52 Å². The van der Waals surface area contributed by atoms with Gasteiger partial charge in [-0.3, -0.25) is 9.97 Å². The lowest BCUT2D eigenvalue weighted by Crippen LogP contribution is -2.29. The topological polar surface area (TPSA) is 53.1 Å². The van der Waals surface area contributed by atoms with E-state index in [0.717, 1.165) is 53.8 Å². The Balaban J connectivity index is 1.27. The molecule has 0 atom stereocenters. The number of rotatable bonds is 8. The summed E-state index contributed by atoms with van der Waals surface area (Å²) >= 11 is 0. The molecule has 6 heteroatoms. The molecular formula is C23H24FN5. The molecule has 2 aromatic carbocycles. The second-order valence-corrected chi connectivity index (χ2v) is 7.05. The van der Waals surface area contributed by atoms with Crippen LogP contribution in [0.25, 0.3) is 21.8 Å². The van der Waals surface area contributed by atoms with Crippen molar-refractivity contribution in [3.8, 4) is 0 Å². The van der Waals surface area contributed by atoms with E-state index in [-0.39, 0.29) is 5.82 Å². The van der Waals surface area contributed by atoms with Crippen LogP contribution in [-0.2, 0) is 0 Å². The summed E-state index contributed by atoms with van der Waals surface area (Å²) in [5.41, 5.74) is 3.75. The van der Waals surface area contributed by atoms with Crippen LogP contribution >= 0.6 is 0 Å². The third-order valence-electron chi connectivity index (χ3n) is 4.97. The predicted octanol–water partition coefficient (Wildman–Crippen LogP) is 4.38. The molecule has 5 nitrogen and oxygen atoms in total.